The van der Waals surface area contributed by atoms with Crippen LogP contribution < -0.4 is 11.2 Å². The summed E-state index contributed by atoms with van der Waals surface area (Å²) in [5.41, 5.74) is 5.92. The van der Waals surface area contributed by atoms with Crippen molar-refractivity contribution in [2.24, 2.45) is 10.7 Å². The number of para-hydroxylation sites is 1. The molecule has 0 saturated heterocycles. The number of nitrogens with zero attached hydrogens (tertiary/aromatic N) is 1. The van der Waals surface area contributed by atoms with Gasteiger partial charge in [0.25, 0.3) is 0 Å². The molecule has 16 heavy (non-hydrogen) atoms. The minimum atomic E-state index is -0.151. The highest BCUT2D eigenvalue weighted by Gasteiger charge is 2.03. The fourth-order valence-corrected chi connectivity index (χ4v) is 1.37. The van der Waals surface area contributed by atoms with Crippen LogP contribution in [0.1, 0.15) is 5.56 Å². The Morgan fingerprint density at radius 2 is 2.19 bits per heavy atom. The zero-order valence-corrected chi connectivity index (χ0v) is 9.03. The molecular weight excluding hydrogens is 224 g/mol. The van der Waals surface area contributed by atoms with E-state index in [2.05, 4.69) is 17.2 Å². The summed E-state index contributed by atoms with van der Waals surface area (Å²) in [7, 11) is 0. The lowest BCUT2D eigenvalue weighted by Gasteiger charge is -1.96. The second kappa shape index (κ2) is 4.24. The molecule has 0 aliphatic heterocycles. The maximum Gasteiger partial charge on any atom is 0.201 e. The Bertz CT molecular complexity index is 631. The summed E-state index contributed by atoms with van der Waals surface area (Å²) in [5, 5.41) is 0.488. The molecule has 0 atom stereocenters. The summed E-state index contributed by atoms with van der Waals surface area (Å²) in [4.78, 5) is 15.6. The number of fused-ring (bicyclic) bond motifs is 1. The van der Waals surface area contributed by atoms with Gasteiger partial charge in [0.1, 0.15) is 11.8 Å². The summed E-state index contributed by atoms with van der Waals surface area (Å²) in [6.07, 6.45) is 2.65. The third-order valence-electron chi connectivity index (χ3n) is 2.04. The Kier molecular flexibility index (Phi) is 2.78. The van der Waals surface area contributed by atoms with Crippen LogP contribution in [0, 0.1) is 0 Å². The van der Waals surface area contributed by atoms with Crippen LogP contribution in [0.5, 0.6) is 0 Å². The van der Waals surface area contributed by atoms with Crippen molar-refractivity contribution < 1.29 is 4.42 Å². The predicted octanol–water partition coefficient (Wildman–Crippen LogP) is 1.46. The Labute approximate surface area is 96.4 Å². The maximum absolute atomic E-state index is 11.9. The Morgan fingerprint density at radius 3 is 2.94 bits per heavy atom. The monoisotopic (exact) mass is 232 g/mol. The third-order valence-corrected chi connectivity index (χ3v) is 2.14. The SMILES string of the molecule is NC(=S)/N=C/c1coc2ccccc2c1=O. The second-order valence-corrected chi connectivity index (χ2v) is 3.53. The maximum atomic E-state index is 11.9. The van der Waals surface area contributed by atoms with E-state index in [-0.39, 0.29) is 10.5 Å². The van der Waals surface area contributed by atoms with E-state index in [0.717, 1.165) is 0 Å². The Morgan fingerprint density at radius 1 is 1.44 bits per heavy atom. The molecule has 0 aliphatic rings. The molecule has 1 aromatic carbocycles. The van der Waals surface area contributed by atoms with Gasteiger partial charge in [-0.3, -0.25) is 4.79 Å². The molecule has 0 radical (unpaired) electrons. The first-order valence-electron chi connectivity index (χ1n) is 4.52. The van der Waals surface area contributed by atoms with E-state index in [1.807, 2.05) is 0 Å². The standard InChI is InChI=1S/C11H8N2O2S/c12-11(16)13-5-7-6-15-9-4-2-1-3-8(9)10(7)14/h1-6H,(H2,12,16)/b13-5+. The van der Waals surface area contributed by atoms with Crippen molar-refractivity contribution in [3.05, 3.63) is 46.3 Å². The first-order valence-corrected chi connectivity index (χ1v) is 4.93. The van der Waals surface area contributed by atoms with Crippen molar-refractivity contribution in [1.29, 1.82) is 0 Å². The molecule has 5 heteroatoms. The van der Waals surface area contributed by atoms with E-state index in [4.69, 9.17) is 10.2 Å². The molecule has 0 spiro atoms. The van der Waals surface area contributed by atoms with Crippen LogP contribution in [0.25, 0.3) is 11.0 Å². The van der Waals surface area contributed by atoms with Gasteiger partial charge in [0, 0.05) is 6.21 Å². The van der Waals surface area contributed by atoms with E-state index < -0.39 is 0 Å². The molecule has 1 aromatic heterocycles. The van der Waals surface area contributed by atoms with Gasteiger partial charge < -0.3 is 10.2 Å². The smallest absolute Gasteiger partial charge is 0.201 e. The highest BCUT2D eigenvalue weighted by molar-refractivity contribution is 7.80. The van der Waals surface area contributed by atoms with Gasteiger partial charge in [-0.2, -0.15) is 0 Å². The van der Waals surface area contributed by atoms with Crippen molar-refractivity contribution in [1.82, 2.24) is 0 Å². The van der Waals surface area contributed by atoms with Gasteiger partial charge in [0.15, 0.2) is 5.11 Å². The van der Waals surface area contributed by atoms with Gasteiger partial charge in [-0.15, -0.1) is 0 Å². The van der Waals surface area contributed by atoms with Crippen LogP contribution in [0.4, 0.5) is 0 Å². The molecule has 2 aromatic rings. The fourth-order valence-electron chi connectivity index (χ4n) is 1.32. The van der Waals surface area contributed by atoms with Crippen LogP contribution in [-0.4, -0.2) is 11.3 Å². The molecule has 80 valence electrons. The zero-order valence-electron chi connectivity index (χ0n) is 8.21. The van der Waals surface area contributed by atoms with Crippen LogP contribution in [0.3, 0.4) is 0 Å². The minimum absolute atomic E-state index is 0.0208. The second-order valence-electron chi connectivity index (χ2n) is 3.11. The van der Waals surface area contributed by atoms with Crippen LogP contribution in [0.15, 0.2) is 44.7 Å². The van der Waals surface area contributed by atoms with Gasteiger partial charge in [-0.1, -0.05) is 12.1 Å². The molecule has 0 saturated carbocycles. The van der Waals surface area contributed by atoms with Crippen molar-refractivity contribution in [2.45, 2.75) is 0 Å². The molecule has 2 N–H and O–H groups in total. The van der Waals surface area contributed by atoms with E-state index in [9.17, 15) is 4.79 Å². The van der Waals surface area contributed by atoms with Crippen molar-refractivity contribution in [2.75, 3.05) is 0 Å². The van der Waals surface area contributed by atoms with Gasteiger partial charge in [-0.25, -0.2) is 4.99 Å². The predicted molar refractivity (Wildman–Crippen MR) is 66.9 cm³/mol. The van der Waals surface area contributed by atoms with Crippen LogP contribution >= 0.6 is 12.2 Å². The Balaban J connectivity index is 2.61. The number of hydrogen-bond acceptors (Lipinski definition) is 3. The molecule has 0 unspecified atom stereocenters. The molecular formula is C11H8N2O2S. The topological polar surface area (TPSA) is 68.6 Å². The first kappa shape index (κ1) is 10.5. The van der Waals surface area contributed by atoms with Crippen molar-refractivity contribution >= 4 is 34.5 Å². The highest BCUT2D eigenvalue weighted by Crippen LogP contribution is 2.09. The van der Waals surface area contributed by atoms with Crippen LogP contribution in [-0.2, 0) is 0 Å². The van der Waals surface area contributed by atoms with Gasteiger partial charge in [-0.05, 0) is 24.4 Å². The molecule has 2 rings (SSSR count). The first-order chi connectivity index (χ1) is 7.68. The number of nitrogens with two attached hydrogens (primary N) is 1. The van der Waals surface area contributed by atoms with E-state index in [1.54, 1.807) is 24.3 Å². The summed E-state index contributed by atoms with van der Waals surface area (Å²) in [6.45, 7) is 0. The van der Waals surface area contributed by atoms with Crippen LogP contribution in [0.2, 0.25) is 0 Å². The van der Waals surface area contributed by atoms with Gasteiger partial charge in [0.2, 0.25) is 5.43 Å². The third kappa shape index (κ3) is 1.99. The average Bonchev–Trinajstić information content (AvgIpc) is 2.28. The highest BCUT2D eigenvalue weighted by atomic mass is 32.1. The summed E-state index contributed by atoms with van der Waals surface area (Å²) >= 11 is 4.58. The zero-order chi connectivity index (χ0) is 11.5. The summed E-state index contributed by atoms with van der Waals surface area (Å²) < 4.78 is 5.28. The summed E-state index contributed by atoms with van der Waals surface area (Å²) in [6, 6.07) is 6.99. The summed E-state index contributed by atoms with van der Waals surface area (Å²) in [5.74, 6) is 0. The molecule has 0 amide bonds. The largest absolute Gasteiger partial charge is 0.463 e. The van der Waals surface area contributed by atoms with Gasteiger partial charge >= 0.3 is 0 Å². The van der Waals surface area contributed by atoms with E-state index in [0.29, 0.717) is 16.5 Å². The average molecular weight is 232 g/mol. The Hall–Kier alpha value is -2.01. The number of aliphatic imine (C=N–C) groups is 1. The van der Waals surface area contributed by atoms with Crippen molar-refractivity contribution in [3.8, 4) is 0 Å². The number of benzene rings is 1. The molecule has 4 nitrogen and oxygen atoms in total. The molecule has 0 bridgehead atoms. The van der Waals surface area contributed by atoms with E-state index >= 15 is 0 Å². The normalized spacial score (nSPS) is 11.0. The number of hydrogen-bond donors (Lipinski definition) is 1. The molecule has 1 heterocycles. The molecule has 0 aliphatic carbocycles. The fraction of sp³-hybridized carbons (Fsp3) is 0. The van der Waals surface area contributed by atoms with Gasteiger partial charge in [0.05, 0.1) is 10.9 Å². The number of rotatable bonds is 1. The van der Waals surface area contributed by atoms with Crippen molar-refractivity contribution in [3.63, 3.8) is 0 Å². The lowest BCUT2D eigenvalue weighted by Crippen LogP contribution is -2.10. The lowest BCUT2D eigenvalue weighted by atomic mass is 10.2. The quantitative estimate of drug-likeness (QED) is 0.597. The lowest BCUT2D eigenvalue weighted by molar-refractivity contribution is 0.601. The number of thiocarbonyl (C=S) groups is 1. The van der Waals surface area contributed by atoms with E-state index in [1.165, 1.54) is 12.5 Å². The molecule has 0 fully saturated rings. The minimum Gasteiger partial charge on any atom is -0.463 e.